The van der Waals surface area contributed by atoms with Gasteiger partial charge in [-0.3, -0.25) is 14.4 Å². The van der Waals surface area contributed by atoms with Crippen molar-refractivity contribution in [2.75, 3.05) is 13.1 Å². The Bertz CT molecular complexity index is 554. The van der Waals surface area contributed by atoms with Gasteiger partial charge in [0.05, 0.1) is 15.9 Å². The zero-order valence-corrected chi connectivity index (χ0v) is 11.2. The maximum Gasteiger partial charge on any atom is 0.311 e. The number of thiophene rings is 1. The lowest BCUT2D eigenvalue weighted by atomic mass is 9.90. The van der Waals surface area contributed by atoms with E-state index in [9.17, 15) is 14.4 Å². The fraction of sp³-hybridized carbons (Fsp3) is 0.417. The molecule has 0 saturated carbocycles. The first-order chi connectivity index (χ1) is 8.83. The summed E-state index contributed by atoms with van der Waals surface area (Å²) in [5.41, 5.74) is 4.54. The number of likely N-dealkylation sites (tertiary alicyclic amines) is 1. The number of primary amides is 1. The maximum atomic E-state index is 12.2. The fourth-order valence-electron chi connectivity index (χ4n) is 2.04. The minimum Gasteiger partial charge on any atom is -0.481 e. The van der Waals surface area contributed by atoms with Gasteiger partial charge in [0, 0.05) is 18.5 Å². The van der Waals surface area contributed by atoms with E-state index in [0.29, 0.717) is 23.4 Å². The molecule has 2 amide bonds. The maximum absolute atomic E-state index is 12.2. The van der Waals surface area contributed by atoms with Crippen molar-refractivity contribution < 1.29 is 19.5 Å². The van der Waals surface area contributed by atoms with Gasteiger partial charge < -0.3 is 15.7 Å². The Balaban J connectivity index is 2.13. The summed E-state index contributed by atoms with van der Waals surface area (Å²) in [5.74, 6) is -1.72. The predicted octanol–water partition coefficient (Wildman–Crippen LogP) is 0.784. The predicted molar refractivity (Wildman–Crippen MR) is 69.1 cm³/mol. The van der Waals surface area contributed by atoms with E-state index in [1.165, 1.54) is 16.3 Å². The molecule has 2 rings (SSSR count). The second-order valence-corrected chi connectivity index (χ2v) is 5.82. The largest absolute Gasteiger partial charge is 0.481 e. The molecule has 1 aromatic heterocycles. The molecule has 0 bridgehead atoms. The third kappa shape index (κ3) is 2.46. The van der Waals surface area contributed by atoms with Crippen LogP contribution in [0.2, 0.25) is 0 Å². The Morgan fingerprint density at radius 2 is 2.16 bits per heavy atom. The monoisotopic (exact) mass is 282 g/mol. The number of aliphatic carboxylic acids is 1. The minimum atomic E-state index is -0.896. The molecule has 6 nitrogen and oxygen atoms in total. The van der Waals surface area contributed by atoms with E-state index in [2.05, 4.69) is 0 Å². The fourth-order valence-corrected chi connectivity index (χ4v) is 2.91. The number of rotatable bonds is 3. The summed E-state index contributed by atoms with van der Waals surface area (Å²) in [6.07, 6.45) is 0.433. The molecule has 2 heterocycles. The van der Waals surface area contributed by atoms with Gasteiger partial charge in [-0.1, -0.05) is 0 Å². The topological polar surface area (TPSA) is 101 Å². The highest BCUT2D eigenvalue weighted by Crippen LogP contribution is 2.31. The summed E-state index contributed by atoms with van der Waals surface area (Å²) in [6.45, 7) is 2.22. The van der Waals surface area contributed by atoms with Gasteiger partial charge in [-0.05, 0) is 19.4 Å². The third-order valence-corrected chi connectivity index (χ3v) is 4.29. The molecule has 1 fully saturated rings. The van der Waals surface area contributed by atoms with Crippen molar-refractivity contribution in [3.63, 3.8) is 0 Å². The average molecular weight is 282 g/mol. The first kappa shape index (κ1) is 13.5. The highest BCUT2D eigenvalue weighted by Gasteiger charge is 2.42. The normalized spacial score (nSPS) is 22.5. The van der Waals surface area contributed by atoms with Gasteiger partial charge in [0.25, 0.3) is 5.91 Å². The molecular formula is C12H14N2O4S. The first-order valence-corrected chi connectivity index (χ1v) is 6.62. The van der Waals surface area contributed by atoms with E-state index in [0.717, 1.165) is 11.3 Å². The van der Waals surface area contributed by atoms with Crippen LogP contribution in [0.4, 0.5) is 0 Å². The Morgan fingerprint density at radius 1 is 1.47 bits per heavy atom. The van der Waals surface area contributed by atoms with Gasteiger partial charge in [0.2, 0.25) is 5.91 Å². The number of carbonyl (C=O) groups is 3. The molecule has 0 aromatic carbocycles. The van der Waals surface area contributed by atoms with Crippen molar-refractivity contribution in [1.82, 2.24) is 4.90 Å². The molecule has 3 N–H and O–H groups in total. The number of nitrogens with two attached hydrogens (primary N) is 1. The molecule has 102 valence electrons. The van der Waals surface area contributed by atoms with Crippen molar-refractivity contribution in [1.29, 1.82) is 0 Å². The van der Waals surface area contributed by atoms with Gasteiger partial charge >= 0.3 is 5.97 Å². The van der Waals surface area contributed by atoms with Crippen molar-refractivity contribution in [3.05, 3.63) is 21.9 Å². The molecule has 7 heteroatoms. The summed E-state index contributed by atoms with van der Waals surface area (Å²) in [7, 11) is 0. The standard InChI is InChI=1S/C12H14N2O4S/c1-12(11(17)18)2-3-14(6-12)10(16)8-4-7(5-19-8)9(13)15/h4-5H,2-3,6H2,1H3,(H2,13,15)(H,17,18). The zero-order chi connectivity index (χ0) is 14.2. The number of nitrogens with zero attached hydrogens (tertiary/aromatic N) is 1. The zero-order valence-electron chi connectivity index (χ0n) is 10.4. The van der Waals surface area contributed by atoms with E-state index in [-0.39, 0.29) is 12.5 Å². The summed E-state index contributed by atoms with van der Waals surface area (Å²) in [6, 6.07) is 1.45. The Labute approximate surface area is 113 Å². The van der Waals surface area contributed by atoms with E-state index in [1.807, 2.05) is 0 Å². The molecule has 0 radical (unpaired) electrons. The van der Waals surface area contributed by atoms with Crippen LogP contribution < -0.4 is 5.73 Å². The van der Waals surface area contributed by atoms with Crippen LogP contribution in [0.5, 0.6) is 0 Å². The number of carboxylic acid groups (broad SMARTS) is 1. The average Bonchev–Trinajstić information content (AvgIpc) is 2.95. The molecular weight excluding hydrogens is 268 g/mol. The van der Waals surface area contributed by atoms with Gasteiger partial charge in [-0.25, -0.2) is 0 Å². The van der Waals surface area contributed by atoms with Gasteiger partial charge in [0.1, 0.15) is 0 Å². The van der Waals surface area contributed by atoms with Gasteiger partial charge in [-0.2, -0.15) is 0 Å². The summed E-state index contributed by atoms with van der Waals surface area (Å²) in [4.78, 5) is 36.2. The Hall–Kier alpha value is -1.89. The van der Waals surface area contributed by atoms with Crippen LogP contribution in [-0.4, -0.2) is 40.9 Å². The quantitative estimate of drug-likeness (QED) is 0.855. The molecule has 1 saturated heterocycles. The van der Waals surface area contributed by atoms with Crippen LogP contribution >= 0.6 is 11.3 Å². The molecule has 0 spiro atoms. The smallest absolute Gasteiger partial charge is 0.311 e. The highest BCUT2D eigenvalue weighted by molar-refractivity contribution is 7.12. The number of carbonyl (C=O) groups excluding carboxylic acids is 2. The van der Waals surface area contributed by atoms with Crippen LogP contribution in [0.3, 0.4) is 0 Å². The van der Waals surface area contributed by atoms with Crippen LogP contribution in [0.25, 0.3) is 0 Å². The third-order valence-electron chi connectivity index (χ3n) is 3.37. The Morgan fingerprint density at radius 3 is 2.63 bits per heavy atom. The summed E-state index contributed by atoms with van der Waals surface area (Å²) in [5, 5.41) is 10.7. The molecule has 0 aliphatic carbocycles. The Kier molecular flexibility index (Phi) is 3.32. The number of hydrogen-bond acceptors (Lipinski definition) is 4. The lowest BCUT2D eigenvalue weighted by molar-refractivity contribution is -0.147. The van der Waals surface area contributed by atoms with E-state index >= 15 is 0 Å². The lowest BCUT2D eigenvalue weighted by Gasteiger charge is -2.19. The van der Waals surface area contributed by atoms with Crippen molar-refractivity contribution in [2.45, 2.75) is 13.3 Å². The van der Waals surface area contributed by atoms with E-state index in [1.54, 1.807) is 6.92 Å². The summed E-state index contributed by atoms with van der Waals surface area (Å²) >= 11 is 1.14. The SMILES string of the molecule is CC1(C(=O)O)CCN(C(=O)c2cc(C(N)=O)cs2)C1. The van der Waals surface area contributed by atoms with Crippen LogP contribution in [0.15, 0.2) is 11.4 Å². The van der Waals surface area contributed by atoms with Gasteiger partial charge in [-0.15, -0.1) is 11.3 Å². The molecule has 19 heavy (non-hydrogen) atoms. The summed E-state index contributed by atoms with van der Waals surface area (Å²) < 4.78 is 0. The second kappa shape index (κ2) is 4.65. The molecule has 1 atom stereocenters. The van der Waals surface area contributed by atoms with E-state index in [4.69, 9.17) is 10.8 Å². The highest BCUT2D eigenvalue weighted by atomic mass is 32.1. The lowest BCUT2D eigenvalue weighted by Crippen LogP contribution is -2.34. The number of carboxylic acids is 1. The van der Waals surface area contributed by atoms with Crippen molar-refractivity contribution >= 4 is 29.1 Å². The van der Waals surface area contributed by atoms with Crippen LogP contribution in [-0.2, 0) is 4.79 Å². The van der Waals surface area contributed by atoms with Crippen LogP contribution in [0, 0.1) is 5.41 Å². The molecule has 1 aliphatic rings. The molecule has 1 aliphatic heterocycles. The van der Waals surface area contributed by atoms with Gasteiger partial charge in [0.15, 0.2) is 0 Å². The molecule has 1 unspecified atom stereocenters. The van der Waals surface area contributed by atoms with Crippen molar-refractivity contribution in [3.8, 4) is 0 Å². The number of amides is 2. The molecule has 1 aromatic rings. The minimum absolute atomic E-state index is 0.185. The number of hydrogen-bond donors (Lipinski definition) is 2. The first-order valence-electron chi connectivity index (χ1n) is 5.74. The van der Waals surface area contributed by atoms with E-state index < -0.39 is 17.3 Å². The second-order valence-electron chi connectivity index (χ2n) is 4.91. The van der Waals surface area contributed by atoms with Crippen molar-refractivity contribution in [2.24, 2.45) is 11.1 Å². The van der Waals surface area contributed by atoms with Crippen LogP contribution in [0.1, 0.15) is 33.4 Å².